The van der Waals surface area contributed by atoms with Gasteiger partial charge in [0, 0.05) is 22.3 Å². The molecule has 0 unspecified atom stereocenters. The molecule has 0 aliphatic rings. The van der Waals surface area contributed by atoms with E-state index in [0.717, 1.165) is 34.1 Å². The van der Waals surface area contributed by atoms with Crippen LogP contribution >= 0.6 is 15.9 Å². The Labute approximate surface area is 127 Å². The Balaban J connectivity index is 2.40. The Bertz CT molecular complexity index is 607. The first-order chi connectivity index (χ1) is 9.60. The number of aromatic nitrogens is 2. The highest BCUT2D eigenvalue weighted by Crippen LogP contribution is 2.22. The van der Waals surface area contributed by atoms with Gasteiger partial charge in [0.05, 0.1) is 12.2 Å². The third kappa shape index (κ3) is 2.94. The lowest BCUT2D eigenvalue weighted by atomic mass is 10.1. The summed E-state index contributed by atoms with van der Waals surface area (Å²) in [6.45, 7) is 5.32. The van der Waals surface area contributed by atoms with Gasteiger partial charge in [-0.05, 0) is 30.5 Å². The number of halogens is 2. The van der Waals surface area contributed by atoms with Gasteiger partial charge in [-0.1, -0.05) is 35.8 Å². The Morgan fingerprint density at radius 3 is 2.60 bits per heavy atom. The van der Waals surface area contributed by atoms with Gasteiger partial charge in [-0.2, -0.15) is 5.10 Å². The van der Waals surface area contributed by atoms with Crippen LogP contribution in [0.15, 0.2) is 22.7 Å². The average molecular weight is 340 g/mol. The van der Waals surface area contributed by atoms with Gasteiger partial charge in [0.2, 0.25) is 0 Å². The third-order valence-electron chi connectivity index (χ3n) is 3.46. The molecular weight excluding hydrogens is 321 g/mol. The summed E-state index contributed by atoms with van der Waals surface area (Å²) in [7, 11) is 0. The fourth-order valence-electron chi connectivity index (χ4n) is 2.45. The second kappa shape index (κ2) is 6.50. The first kappa shape index (κ1) is 15.2. The van der Waals surface area contributed by atoms with E-state index in [4.69, 9.17) is 5.73 Å². The average Bonchev–Trinajstić information content (AvgIpc) is 2.78. The molecule has 1 aromatic carbocycles. The van der Waals surface area contributed by atoms with Crippen molar-refractivity contribution in [2.45, 2.75) is 39.8 Å². The van der Waals surface area contributed by atoms with Gasteiger partial charge in [-0.15, -0.1) is 0 Å². The van der Waals surface area contributed by atoms with E-state index in [0.29, 0.717) is 13.1 Å². The molecule has 0 saturated heterocycles. The van der Waals surface area contributed by atoms with Crippen LogP contribution in [0.2, 0.25) is 0 Å². The maximum atomic E-state index is 13.1. The van der Waals surface area contributed by atoms with Crippen molar-refractivity contribution in [3.05, 3.63) is 51.0 Å². The highest BCUT2D eigenvalue weighted by atomic mass is 79.9. The van der Waals surface area contributed by atoms with E-state index in [-0.39, 0.29) is 5.82 Å². The molecule has 0 aliphatic carbocycles. The monoisotopic (exact) mass is 339 g/mol. The minimum Gasteiger partial charge on any atom is -0.326 e. The zero-order valence-corrected chi connectivity index (χ0v) is 13.4. The third-order valence-corrected chi connectivity index (χ3v) is 4.20. The van der Waals surface area contributed by atoms with Crippen molar-refractivity contribution in [3.63, 3.8) is 0 Å². The Kier molecular flexibility index (Phi) is 4.94. The first-order valence-corrected chi connectivity index (χ1v) is 7.61. The quantitative estimate of drug-likeness (QED) is 0.906. The molecule has 2 aromatic rings. The molecule has 0 amide bonds. The molecule has 0 saturated carbocycles. The van der Waals surface area contributed by atoms with Crippen molar-refractivity contribution < 1.29 is 4.39 Å². The first-order valence-electron chi connectivity index (χ1n) is 6.82. The molecule has 0 spiro atoms. The molecule has 2 rings (SSSR count). The van der Waals surface area contributed by atoms with Gasteiger partial charge >= 0.3 is 0 Å². The number of nitrogens with zero attached hydrogens (tertiary/aromatic N) is 2. The second-order valence-corrected chi connectivity index (χ2v) is 5.53. The van der Waals surface area contributed by atoms with Crippen molar-refractivity contribution in [1.29, 1.82) is 0 Å². The summed E-state index contributed by atoms with van der Waals surface area (Å²) in [6, 6.07) is 4.74. The lowest BCUT2D eigenvalue weighted by Crippen LogP contribution is -2.08. The number of hydrogen-bond donors (Lipinski definition) is 1. The molecule has 0 fully saturated rings. The Morgan fingerprint density at radius 1 is 1.30 bits per heavy atom. The van der Waals surface area contributed by atoms with Crippen LogP contribution in [0.4, 0.5) is 4.39 Å². The summed E-state index contributed by atoms with van der Waals surface area (Å²) in [5.41, 5.74) is 10.2. The van der Waals surface area contributed by atoms with Crippen molar-refractivity contribution in [3.8, 4) is 0 Å². The molecule has 3 nitrogen and oxygen atoms in total. The van der Waals surface area contributed by atoms with Crippen LogP contribution in [0.5, 0.6) is 0 Å². The standard InChI is InChI=1S/C15H19BrFN3/c1-3-14-12(8-18)15(4-2)20(19-14)9-10-5-6-11(17)7-13(10)16/h5-7H,3-4,8-9,18H2,1-2H3. The molecule has 20 heavy (non-hydrogen) atoms. The maximum absolute atomic E-state index is 13.1. The molecule has 108 valence electrons. The van der Waals surface area contributed by atoms with E-state index in [2.05, 4.69) is 34.9 Å². The molecule has 1 heterocycles. The summed E-state index contributed by atoms with van der Waals surface area (Å²) in [6.07, 6.45) is 1.76. The molecular formula is C15H19BrFN3. The Morgan fingerprint density at radius 2 is 2.05 bits per heavy atom. The predicted molar refractivity (Wildman–Crippen MR) is 82.1 cm³/mol. The predicted octanol–water partition coefficient (Wildman–Crippen LogP) is 3.42. The maximum Gasteiger partial charge on any atom is 0.124 e. The lowest BCUT2D eigenvalue weighted by molar-refractivity contribution is 0.617. The van der Waals surface area contributed by atoms with Crippen LogP contribution in [0.3, 0.4) is 0 Å². The van der Waals surface area contributed by atoms with Crippen molar-refractivity contribution >= 4 is 15.9 Å². The fourth-order valence-corrected chi connectivity index (χ4v) is 2.92. The van der Waals surface area contributed by atoms with Gasteiger partial charge in [-0.3, -0.25) is 4.68 Å². The zero-order chi connectivity index (χ0) is 14.7. The van der Waals surface area contributed by atoms with Gasteiger partial charge < -0.3 is 5.73 Å². The molecule has 0 atom stereocenters. The van der Waals surface area contributed by atoms with Crippen molar-refractivity contribution in [2.75, 3.05) is 0 Å². The smallest absolute Gasteiger partial charge is 0.124 e. The lowest BCUT2D eigenvalue weighted by Gasteiger charge is -2.09. The van der Waals surface area contributed by atoms with Crippen LogP contribution in [-0.2, 0) is 25.9 Å². The van der Waals surface area contributed by atoms with Gasteiger partial charge in [0.15, 0.2) is 0 Å². The van der Waals surface area contributed by atoms with Crippen LogP contribution in [0, 0.1) is 5.82 Å². The topological polar surface area (TPSA) is 43.8 Å². The Hall–Kier alpha value is -1.20. The number of aryl methyl sites for hydroxylation is 1. The number of nitrogens with two attached hydrogens (primary N) is 1. The zero-order valence-electron chi connectivity index (χ0n) is 11.8. The summed E-state index contributed by atoms with van der Waals surface area (Å²) in [4.78, 5) is 0. The van der Waals surface area contributed by atoms with E-state index >= 15 is 0 Å². The van der Waals surface area contributed by atoms with E-state index in [1.54, 1.807) is 6.07 Å². The molecule has 0 bridgehead atoms. The van der Waals surface area contributed by atoms with Crippen LogP contribution in [-0.4, -0.2) is 9.78 Å². The largest absolute Gasteiger partial charge is 0.326 e. The van der Waals surface area contributed by atoms with Gasteiger partial charge in [0.1, 0.15) is 5.82 Å². The van der Waals surface area contributed by atoms with E-state index in [1.165, 1.54) is 17.8 Å². The van der Waals surface area contributed by atoms with Crippen LogP contribution < -0.4 is 5.73 Å². The SMILES string of the molecule is CCc1nn(Cc2ccc(F)cc2Br)c(CC)c1CN. The van der Waals surface area contributed by atoms with Gasteiger partial charge in [0.25, 0.3) is 0 Å². The van der Waals surface area contributed by atoms with E-state index in [9.17, 15) is 4.39 Å². The molecule has 0 radical (unpaired) electrons. The number of hydrogen-bond acceptors (Lipinski definition) is 2. The molecule has 2 N–H and O–H groups in total. The summed E-state index contributed by atoms with van der Waals surface area (Å²) >= 11 is 3.40. The second-order valence-electron chi connectivity index (χ2n) is 4.68. The minimum atomic E-state index is -0.242. The number of benzene rings is 1. The fraction of sp³-hybridized carbons (Fsp3) is 0.400. The molecule has 5 heteroatoms. The van der Waals surface area contributed by atoms with Crippen molar-refractivity contribution in [1.82, 2.24) is 9.78 Å². The summed E-state index contributed by atoms with van der Waals surface area (Å²) < 4.78 is 15.9. The van der Waals surface area contributed by atoms with E-state index in [1.807, 2.05) is 4.68 Å². The van der Waals surface area contributed by atoms with Gasteiger partial charge in [-0.25, -0.2) is 4.39 Å². The van der Waals surface area contributed by atoms with Crippen LogP contribution in [0.25, 0.3) is 0 Å². The van der Waals surface area contributed by atoms with Crippen molar-refractivity contribution in [2.24, 2.45) is 5.73 Å². The number of rotatable bonds is 5. The normalized spacial score (nSPS) is 11.1. The summed E-state index contributed by atoms with van der Waals surface area (Å²) in [5.74, 6) is -0.242. The summed E-state index contributed by atoms with van der Waals surface area (Å²) in [5, 5.41) is 4.65. The molecule has 1 aromatic heterocycles. The minimum absolute atomic E-state index is 0.242. The highest BCUT2D eigenvalue weighted by Gasteiger charge is 2.15. The van der Waals surface area contributed by atoms with E-state index < -0.39 is 0 Å². The molecule has 0 aliphatic heterocycles. The highest BCUT2D eigenvalue weighted by molar-refractivity contribution is 9.10. The van der Waals surface area contributed by atoms with Crippen LogP contribution in [0.1, 0.15) is 36.4 Å².